The van der Waals surface area contributed by atoms with E-state index in [0.717, 1.165) is 0 Å². The molecule has 0 saturated heterocycles. The molecule has 136 valence electrons. The van der Waals surface area contributed by atoms with Gasteiger partial charge < -0.3 is 14.2 Å². The van der Waals surface area contributed by atoms with E-state index in [4.69, 9.17) is 16.3 Å². The number of carbonyl (C=O) groups is 1. The Labute approximate surface area is 152 Å². The minimum atomic E-state index is -0.360. The van der Waals surface area contributed by atoms with Crippen molar-refractivity contribution >= 4 is 17.5 Å². The molecule has 0 fully saturated rings. The number of nitrogens with zero attached hydrogens (tertiary/aromatic N) is 3. The number of ether oxygens (including phenoxy) is 1. The van der Waals surface area contributed by atoms with Crippen molar-refractivity contribution < 1.29 is 13.9 Å². The number of methoxy groups -OCH3 is 1. The van der Waals surface area contributed by atoms with Gasteiger partial charge >= 0.3 is 0 Å². The molecular formula is C18H23ClFN3O2. The third-order valence-corrected chi connectivity index (χ3v) is 4.25. The zero-order valence-corrected chi connectivity index (χ0v) is 15.5. The van der Waals surface area contributed by atoms with Gasteiger partial charge in [0, 0.05) is 42.6 Å². The maximum absolute atomic E-state index is 14.0. The Hall–Kier alpha value is -1.92. The predicted molar refractivity (Wildman–Crippen MR) is 94.9 cm³/mol. The molecule has 0 spiro atoms. The molecule has 1 aromatic carbocycles. The number of aromatic nitrogens is 2. The second-order valence-electron chi connectivity index (χ2n) is 6.08. The van der Waals surface area contributed by atoms with Crippen molar-refractivity contribution in [2.75, 3.05) is 20.3 Å². The maximum Gasteiger partial charge on any atom is 0.225 e. The van der Waals surface area contributed by atoms with Crippen LogP contribution in [-0.2, 0) is 22.6 Å². The molecule has 2 rings (SSSR count). The van der Waals surface area contributed by atoms with E-state index in [1.807, 2.05) is 13.8 Å². The minimum Gasteiger partial charge on any atom is -0.383 e. The Morgan fingerprint density at radius 1 is 1.44 bits per heavy atom. The van der Waals surface area contributed by atoms with Crippen LogP contribution in [0.4, 0.5) is 4.39 Å². The molecule has 2 aromatic rings. The second kappa shape index (κ2) is 8.97. The predicted octanol–water partition coefficient (Wildman–Crippen LogP) is 3.35. The highest BCUT2D eigenvalue weighted by atomic mass is 35.5. The Kier molecular flexibility index (Phi) is 6.96. The second-order valence-corrected chi connectivity index (χ2v) is 6.49. The van der Waals surface area contributed by atoms with Crippen LogP contribution in [0, 0.1) is 11.7 Å². The van der Waals surface area contributed by atoms with Crippen molar-refractivity contribution in [3.8, 4) is 0 Å². The molecule has 1 heterocycles. The topological polar surface area (TPSA) is 47.4 Å². The standard InChI is InChI=1S/C18H23ClFN3O2/c1-13(2)18(24)23(9-10-25-3)12-17-21-7-8-22(17)11-14-15(19)5-4-6-16(14)20/h4-8,13H,9-12H2,1-3H3. The summed E-state index contributed by atoms with van der Waals surface area (Å²) in [6.45, 7) is 5.22. The monoisotopic (exact) mass is 367 g/mol. The molecule has 1 aromatic heterocycles. The lowest BCUT2D eigenvalue weighted by Crippen LogP contribution is -2.37. The summed E-state index contributed by atoms with van der Waals surface area (Å²) in [6.07, 6.45) is 3.39. The summed E-state index contributed by atoms with van der Waals surface area (Å²) in [7, 11) is 1.60. The van der Waals surface area contributed by atoms with Gasteiger partial charge in [-0.1, -0.05) is 31.5 Å². The van der Waals surface area contributed by atoms with Gasteiger partial charge in [-0.05, 0) is 12.1 Å². The fraction of sp³-hybridized carbons (Fsp3) is 0.444. The highest BCUT2D eigenvalue weighted by Gasteiger charge is 2.19. The van der Waals surface area contributed by atoms with Crippen LogP contribution in [-0.4, -0.2) is 40.6 Å². The van der Waals surface area contributed by atoms with Crippen LogP contribution in [0.3, 0.4) is 0 Å². The van der Waals surface area contributed by atoms with Crippen molar-refractivity contribution in [3.05, 3.63) is 52.8 Å². The van der Waals surface area contributed by atoms with E-state index in [2.05, 4.69) is 4.98 Å². The van der Waals surface area contributed by atoms with Crippen LogP contribution < -0.4 is 0 Å². The van der Waals surface area contributed by atoms with E-state index in [1.165, 1.54) is 6.07 Å². The molecule has 0 N–H and O–H groups in total. The van der Waals surface area contributed by atoms with E-state index in [1.54, 1.807) is 41.1 Å². The summed E-state index contributed by atoms with van der Waals surface area (Å²) in [5.41, 5.74) is 0.405. The lowest BCUT2D eigenvalue weighted by Gasteiger charge is -2.24. The molecule has 7 heteroatoms. The summed E-state index contributed by atoms with van der Waals surface area (Å²) in [4.78, 5) is 18.4. The number of carbonyl (C=O) groups excluding carboxylic acids is 1. The number of hydrogen-bond donors (Lipinski definition) is 0. The molecule has 0 bridgehead atoms. The van der Waals surface area contributed by atoms with E-state index < -0.39 is 0 Å². The molecule has 25 heavy (non-hydrogen) atoms. The quantitative estimate of drug-likeness (QED) is 0.718. The van der Waals surface area contributed by atoms with Crippen molar-refractivity contribution in [3.63, 3.8) is 0 Å². The number of imidazole rings is 1. The first-order valence-corrected chi connectivity index (χ1v) is 8.52. The molecular weight excluding hydrogens is 345 g/mol. The molecule has 0 unspecified atom stereocenters. The largest absolute Gasteiger partial charge is 0.383 e. The number of benzene rings is 1. The van der Waals surface area contributed by atoms with Crippen LogP contribution in [0.5, 0.6) is 0 Å². The summed E-state index contributed by atoms with van der Waals surface area (Å²) in [5, 5.41) is 0.370. The van der Waals surface area contributed by atoms with Gasteiger partial charge in [-0.3, -0.25) is 4.79 Å². The summed E-state index contributed by atoms with van der Waals surface area (Å²) < 4.78 is 20.9. The Morgan fingerprint density at radius 3 is 2.84 bits per heavy atom. The van der Waals surface area contributed by atoms with E-state index >= 15 is 0 Å². The smallest absolute Gasteiger partial charge is 0.225 e. The highest BCUT2D eigenvalue weighted by molar-refractivity contribution is 6.31. The van der Waals surface area contributed by atoms with Crippen molar-refractivity contribution in [2.24, 2.45) is 5.92 Å². The van der Waals surface area contributed by atoms with E-state index in [9.17, 15) is 9.18 Å². The summed E-state index contributed by atoms with van der Waals surface area (Å²) in [5.74, 6) is 0.211. The number of rotatable bonds is 8. The van der Waals surface area contributed by atoms with Crippen LogP contribution in [0.25, 0.3) is 0 Å². The first kappa shape index (κ1) is 19.4. The average Bonchev–Trinajstić information content (AvgIpc) is 3.01. The van der Waals surface area contributed by atoms with Crippen LogP contribution >= 0.6 is 11.6 Å². The molecule has 0 aliphatic carbocycles. The molecule has 0 aliphatic heterocycles. The van der Waals surface area contributed by atoms with Gasteiger partial charge in [0.15, 0.2) is 0 Å². The summed E-state index contributed by atoms with van der Waals surface area (Å²) >= 11 is 6.11. The Morgan fingerprint density at radius 2 is 2.20 bits per heavy atom. The van der Waals surface area contributed by atoms with Crippen LogP contribution in [0.15, 0.2) is 30.6 Å². The molecule has 0 aliphatic rings. The molecule has 0 atom stereocenters. The Bertz CT molecular complexity index is 698. The first-order chi connectivity index (χ1) is 11.9. The van der Waals surface area contributed by atoms with Crippen LogP contribution in [0.1, 0.15) is 25.2 Å². The first-order valence-electron chi connectivity index (χ1n) is 8.14. The van der Waals surface area contributed by atoms with Gasteiger partial charge in [0.2, 0.25) is 5.91 Å². The van der Waals surface area contributed by atoms with E-state index in [-0.39, 0.29) is 24.2 Å². The fourth-order valence-corrected chi connectivity index (χ4v) is 2.72. The van der Waals surface area contributed by atoms with Gasteiger partial charge in [-0.25, -0.2) is 9.37 Å². The lowest BCUT2D eigenvalue weighted by atomic mass is 10.2. The van der Waals surface area contributed by atoms with Crippen molar-refractivity contribution in [1.82, 2.24) is 14.5 Å². The lowest BCUT2D eigenvalue weighted by molar-refractivity contribution is -0.135. The summed E-state index contributed by atoms with van der Waals surface area (Å²) in [6, 6.07) is 4.61. The SMILES string of the molecule is COCCN(Cc1nccn1Cc1c(F)cccc1Cl)C(=O)C(C)C. The van der Waals surface area contributed by atoms with E-state index in [0.29, 0.717) is 36.1 Å². The number of amides is 1. The number of hydrogen-bond acceptors (Lipinski definition) is 3. The number of halogens is 2. The van der Waals surface area contributed by atoms with Crippen molar-refractivity contribution in [2.45, 2.75) is 26.9 Å². The third kappa shape index (κ3) is 5.03. The Balaban J connectivity index is 2.20. The molecule has 1 amide bonds. The normalized spacial score (nSPS) is 11.1. The highest BCUT2D eigenvalue weighted by Crippen LogP contribution is 2.21. The zero-order chi connectivity index (χ0) is 18.4. The molecule has 0 saturated carbocycles. The fourth-order valence-electron chi connectivity index (χ4n) is 2.49. The maximum atomic E-state index is 14.0. The van der Waals surface area contributed by atoms with Gasteiger partial charge in [0.25, 0.3) is 0 Å². The average molecular weight is 368 g/mol. The molecule has 0 radical (unpaired) electrons. The molecule has 5 nitrogen and oxygen atoms in total. The van der Waals surface area contributed by atoms with Crippen LogP contribution in [0.2, 0.25) is 5.02 Å². The van der Waals surface area contributed by atoms with Gasteiger partial charge in [0.05, 0.1) is 19.7 Å². The van der Waals surface area contributed by atoms with Gasteiger partial charge in [-0.15, -0.1) is 0 Å². The van der Waals surface area contributed by atoms with Gasteiger partial charge in [0.1, 0.15) is 11.6 Å². The minimum absolute atomic E-state index is 0.0236. The van der Waals surface area contributed by atoms with Gasteiger partial charge in [-0.2, -0.15) is 0 Å². The zero-order valence-electron chi connectivity index (χ0n) is 14.7. The van der Waals surface area contributed by atoms with Crippen molar-refractivity contribution in [1.29, 1.82) is 0 Å². The third-order valence-electron chi connectivity index (χ3n) is 3.90.